The Morgan fingerprint density at radius 1 is 1.41 bits per heavy atom. The lowest BCUT2D eigenvalue weighted by Gasteiger charge is -2.39. The molecule has 4 N–H and O–H groups in total. The molecular weight excluding hydrogens is 242 g/mol. The lowest BCUT2D eigenvalue weighted by atomic mass is 9.95. The Morgan fingerprint density at radius 3 is 2.59 bits per heavy atom. The second-order valence-corrected chi connectivity index (χ2v) is 5.79. The SMILES string of the molecule is C[C@@H](N)[C@H]1O[C@@H]2SC(N(C)C)=N[C@@H]2[C@@H](O)[C@@H]1O. The zero-order valence-electron chi connectivity index (χ0n) is 10.1. The van der Waals surface area contributed by atoms with E-state index in [-0.39, 0.29) is 11.5 Å². The van der Waals surface area contributed by atoms with Crippen molar-refractivity contribution in [2.75, 3.05) is 14.1 Å². The summed E-state index contributed by atoms with van der Waals surface area (Å²) in [5.74, 6) is 0. The number of amidine groups is 1. The third kappa shape index (κ3) is 2.30. The summed E-state index contributed by atoms with van der Waals surface area (Å²) in [6.45, 7) is 1.76. The van der Waals surface area contributed by atoms with Crippen LogP contribution in [-0.2, 0) is 4.74 Å². The quantitative estimate of drug-likeness (QED) is 0.550. The van der Waals surface area contributed by atoms with Crippen molar-refractivity contribution in [3.05, 3.63) is 0 Å². The minimum atomic E-state index is -0.984. The number of fused-ring (bicyclic) bond motifs is 1. The van der Waals surface area contributed by atoms with Gasteiger partial charge in [0.1, 0.15) is 29.8 Å². The average Bonchev–Trinajstić information content (AvgIpc) is 2.67. The molecule has 7 heteroatoms. The van der Waals surface area contributed by atoms with Crippen molar-refractivity contribution in [1.82, 2.24) is 4.90 Å². The molecule has 6 atom stereocenters. The van der Waals surface area contributed by atoms with E-state index in [1.165, 1.54) is 11.8 Å². The number of hydrogen-bond donors (Lipinski definition) is 3. The van der Waals surface area contributed by atoms with Gasteiger partial charge in [-0.1, -0.05) is 11.8 Å². The molecule has 0 radical (unpaired) electrons. The Labute approximate surface area is 105 Å². The highest BCUT2D eigenvalue weighted by molar-refractivity contribution is 8.14. The first-order valence-corrected chi connectivity index (χ1v) is 6.48. The Kier molecular flexibility index (Phi) is 3.65. The fraction of sp³-hybridized carbons (Fsp3) is 0.900. The molecule has 0 bridgehead atoms. The van der Waals surface area contributed by atoms with Crippen LogP contribution in [0.2, 0.25) is 0 Å². The average molecular weight is 261 g/mol. The Hall–Kier alpha value is -0.340. The van der Waals surface area contributed by atoms with Crippen molar-refractivity contribution in [3.8, 4) is 0 Å². The monoisotopic (exact) mass is 261 g/mol. The van der Waals surface area contributed by atoms with E-state index >= 15 is 0 Å². The first-order valence-electron chi connectivity index (χ1n) is 5.60. The standard InChI is InChI=1S/C10H19N3O3S/c1-4(11)8-7(15)6(14)5-9(16-8)17-10(12-5)13(2)3/h4-9,14-15H,11H2,1-3H3/t4-,5-,6-,7+,8-,9-/m1/s1. The summed E-state index contributed by atoms with van der Waals surface area (Å²) in [7, 11) is 3.77. The normalized spacial score (nSPS) is 42.9. The number of aliphatic imine (C=N–C) groups is 1. The maximum absolute atomic E-state index is 10.0. The van der Waals surface area contributed by atoms with E-state index in [1.807, 2.05) is 19.0 Å². The van der Waals surface area contributed by atoms with Crippen LogP contribution in [-0.4, -0.2) is 70.2 Å². The lowest BCUT2D eigenvalue weighted by molar-refractivity contribution is -0.157. The molecule has 2 rings (SSSR count). The zero-order valence-corrected chi connectivity index (χ0v) is 11.0. The highest BCUT2D eigenvalue weighted by atomic mass is 32.2. The van der Waals surface area contributed by atoms with Gasteiger partial charge in [-0.25, -0.2) is 0 Å². The molecule has 0 amide bonds. The van der Waals surface area contributed by atoms with E-state index in [9.17, 15) is 10.2 Å². The van der Waals surface area contributed by atoms with Gasteiger partial charge in [0.2, 0.25) is 0 Å². The molecule has 2 aliphatic rings. The van der Waals surface area contributed by atoms with Crippen LogP contribution in [0.5, 0.6) is 0 Å². The van der Waals surface area contributed by atoms with E-state index in [4.69, 9.17) is 10.5 Å². The van der Waals surface area contributed by atoms with Crippen molar-refractivity contribution < 1.29 is 14.9 Å². The second-order valence-electron chi connectivity index (χ2n) is 4.72. The first-order chi connectivity index (χ1) is 7.91. The predicted molar refractivity (Wildman–Crippen MR) is 66.8 cm³/mol. The van der Waals surface area contributed by atoms with Crippen molar-refractivity contribution in [2.24, 2.45) is 10.7 Å². The number of thioether (sulfide) groups is 1. The van der Waals surface area contributed by atoms with Gasteiger partial charge in [-0.3, -0.25) is 4.99 Å². The van der Waals surface area contributed by atoms with Gasteiger partial charge < -0.3 is 25.6 Å². The van der Waals surface area contributed by atoms with Gasteiger partial charge in [0.25, 0.3) is 0 Å². The number of nitrogens with zero attached hydrogens (tertiary/aromatic N) is 2. The molecular formula is C10H19N3O3S. The summed E-state index contributed by atoms with van der Waals surface area (Å²) in [5.41, 5.74) is 5.48. The smallest absolute Gasteiger partial charge is 0.161 e. The van der Waals surface area contributed by atoms with Crippen molar-refractivity contribution >= 4 is 16.9 Å². The largest absolute Gasteiger partial charge is 0.388 e. The fourth-order valence-corrected chi connectivity index (χ4v) is 3.17. The van der Waals surface area contributed by atoms with Crippen molar-refractivity contribution in [1.29, 1.82) is 0 Å². The minimum Gasteiger partial charge on any atom is -0.388 e. The second kappa shape index (κ2) is 4.74. The number of hydrogen-bond acceptors (Lipinski definition) is 7. The van der Waals surface area contributed by atoms with Crippen LogP contribution in [0, 0.1) is 0 Å². The maximum atomic E-state index is 10.0. The van der Waals surface area contributed by atoms with E-state index in [0.717, 1.165) is 5.17 Å². The van der Waals surface area contributed by atoms with Gasteiger partial charge in [0, 0.05) is 20.1 Å². The van der Waals surface area contributed by atoms with Gasteiger partial charge >= 0.3 is 0 Å². The van der Waals surface area contributed by atoms with Crippen LogP contribution < -0.4 is 5.73 Å². The number of ether oxygens (including phenoxy) is 1. The number of nitrogens with two attached hydrogens (primary N) is 1. The molecule has 0 aromatic heterocycles. The molecule has 1 fully saturated rings. The molecule has 0 unspecified atom stereocenters. The fourth-order valence-electron chi connectivity index (χ4n) is 2.03. The van der Waals surface area contributed by atoms with Crippen LogP contribution in [0.4, 0.5) is 0 Å². The van der Waals surface area contributed by atoms with E-state index in [2.05, 4.69) is 4.99 Å². The Bertz CT molecular complexity index is 324. The third-order valence-corrected chi connectivity index (χ3v) is 4.29. The molecule has 1 saturated heterocycles. The molecule has 2 aliphatic heterocycles. The van der Waals surface area contributed by atoms with Crippen molar-refractivity contribution in [2.45, 2.75) is 42.8 Å². The third-order valence-electron chi connectivity index (χ3n) is 2.99. The van der Waals surface area contributed by atoms with Crippen LogP contribution in [0.15, 0.2) is 4.99 Å². The first kappa shape index (κ1) is 13.1. The molecule has 0 aromatic carbocycles. The molecule has 0 aliphatic carbocycles. The van der Waals surface area contributed by atoms with E-state index in [1.54, 1.807) is 6.92 Å². The molecule has 98 valence electrons. The number of rotatable bonds is 1. The van der Waals surface area contributed by atoms with Crippen LogP contribution in [0.1, 0.15) is 6.92 Å². The molecule has 0 saturated carbocycles. The molecule has 0 aromatic rings. The summed E-state index contributed by atoms with van der Waals surface area (Å²) in [6.07, 6.45) is -2.45. The molecule has 2 heterocycles. The highest BCUT2D eigenvalue weighted by Crippen LogP contribution is 2.37. The molecule has 0 spiro atoms. The van der Waals surface area contributed by atoms with Gasteiger partial charge in [-0.2, -0.15) is 0 Å². The van der Waals surface area contributed by atoms with Crippen LogP contribution in [0.3, 0.4) is 0 Å². The predicted octanol–water partition coefficient (Wildman–Crippen LogP) is -1.19. The summed E-state index contributed by atoms with van der Waals surface area (Å²) < 4.78 is 5.72. The summed E-state index contributed by atoms with van der Waals surface area (Å²) >= 11 is 1.46. The number of aliphatic hydroxyl groups excluding tert-OH is 2. The topological polar surface area (TPSA) is 91.3 Å². The Balaban J connectivity index is 2.15. The lowest BCUT2D eigenvalue weighted by Crippen LogP contribution is -2.59. The highest BCUT2D eigenvalue weighted by Gasteiger charge is 2.49. The van der Waals surface area contributed by atoms with Gasteiger partial charge in [-0.05, 0) is 6.92 Å². The van der Waals surface area contributed by atoms with E-state index < -0.39 is 24.4 Å². The van der Waals surface area contributed by atoms with Crippen LogP contribution in [0.25, 0.3) is 0 Å². The Morgan fingerprint density at radius 2 is 2.06 bits per heavy atom. The van der Waals surface area contributed by atoms with E-state index in [0.29, 0.717) is 0 Å². The van der Waals surface area contributed by atoms with Gasteiger partial charge in [-0.15, -0.1) is 0 Å². The maximum Gasteiger partial charge on any atom is 0.161 e. The summed E-state index contributed by atoms with van der Waals surface area (Å²) in [5, 5.41) is 20.8. The summed E-state index contributed by atoms with van der Waals surface area (Å²) in [6, 6.07) is -0.744. The zero-order chi connectivity index (χ0) is 12.7. The molecule has 17 heavy (non-hydrogen) atoms. The van der Waals surface area contributed by atoms with Gasteiger partial charge in [0.15, 0.2) is 5.17 Å². The number of aliphatic hydroxyl groups is 2. The minimum absolute atomic E-state index is 0.262. The van der Waals surface area contributed by atoms with Gasteiger partial charge in [0.05, 0.1) is 0 Å². The van der Waals surface area contributed by atoms with Crippen molar-refractivity contribution in [3.63, 3.8) is 0 Å². The molecule has 6 nitrogen and oxygen atoms in total. The summed E-state index contributed by atoms with van der Waals surface area (Å²) in [4.78, 5) is 6.23. The van der Waals surface area contributed by atoms with Crippen LogP contribution >= 0.6 is 11.8 Å².